The van der Waals surface area contributed by atoms with Crippen LogP contribution in [0.4, 0.5) is 5.82 Å². The first-order valence-corrected chi connectivity index (χ1v) is 9.10. The Hall–Kier alpha value is -2.93. The van der Waals surface area contributed by atoms with Crippen molar-refractivity contribution < 1.29 is 9.59 Å². The van der Waals surface area contributed by atoms with E-state index in [2.05, 4.69) is 20.3 Å². The molecule has 1 aromatic heterocycles. The van der Waals surface area contributed by atoms with Gasteiger partial charge in [-0.05, 0) is 29.2 Å². The molecule has 3 rings (SSSR count). The number of rotatable bonds is 7. The Morgan fingerprint density at radius 1 is 1.04 bits per heavy atom. The van der Waals surface area contributed by atoms with Gasteiger partial charge in [-0.2, -0.15) is 4.37 Å². The molecule has 0 saturated heterocycles. The summed E-state index contributed by atoms with van der Waals surface area (Å²) in [5.74, 6) is 0.332. The van der Waals surface area contributed by atoms with Gasteiger partial charge in [0.15, 0.2) is 0 Å². The highest BCUT2D eigenvalue weighted by Gasteiger charge is 2.20. The van der Waals surface area contributed by atoms with Crippen molar-refractivity contribution in [1.82, 2.24) is 15.0 Å². The summed E-state index contributed by atoms with van der Waals surface area (Å²) in [5.41, 5.74) is 0.749. The first-order chi connectivity index (χ1) is 12.6. The molecule has 0 radical (unpaired) electrons. The van der Waals surface area contributed by atoms with E-state index in [4.69, 9.17) is 0 Å². The summed E-state index contributed by atoms with van der Waals surface area (Å²) < 4.78 is 5.51. The standard InChI is InChI=1S/C19H20N4O2S/c1-13(24)22-17(14-7-3-2-4-8-14)19(25)21-12-11-20-18-15-9-5-6-10-16(15)26-23-18/h2-10,17H,11-12H2,1H3,(H,20,23)(H,21,25)(H,22,24). The fraction of sp³-hybridized carbons (Fsp3) is 0.211. The second kappa shape index (κ2) is 8.44. The number of amides is 2. The number of anilines is 1. The number of hydrogen-bond acceptors (Lipinski definition) is 5. The summed E-state index contributed by atoms with van der Waals surface area (Å²) >= 11 is 1.44. The molecule has 26 heavy (non-hydrogen) atoms. The van der Waals surface area contributed by atoms with Gasteiger partial charge in [-0.1, -0.05) is 42.5 Å². The van der Waals surface area contributed by atoms with Crippen molar-refractivity contribution in [1.29, 1.82) is 0 Å². The molecule has 0 aliphatic carbocycles. The van der Waals surface area contributed by atoms with E-state index in [1.807, 2.05) is 54.6 Å². The van der Waals surface area contributed by atoms with Gasteiger partial charge in [0.1, 0.15) is 11.9 Å². The third-order valence-corrected chi connectivity index (χ3v) is 4.66. The molecule has 0 aliphatic rings. The van der Waals surface area contributed by atoms with Crippen molar-refractivity contribution in [2.45, 2.75) is 13.0 Å². The zero-order valence-electron chi connectivity index (χ0n) is 14.4. The summed E-state index contributed by atoms with van der Waals surface area (Å²) in [4.78, 5) is 23.9. The molecule has 2 amide bonds. The molecule has 3 N–H and O–H groups in total. The predicted octanol–water partition coefficient (Wildman–Crippen LogP) is 2.70. The lowest BCUT2D eigenvalue weighted by Crippen LogP contribution is -2.41. The van der Waals surface area contributed by atoms with Gasteiger partial charge in [-0.15, -0.1) is 0 Å². The van der Waals surface area contributed by atoms with E-state index in [1.165, 1.54) is 18.5 Å². The number of nitrogens with zero attached hydrogens (tertiary/aromatic N) is 1. The Morgan fingerprint density at radius 3 is 2.54 bits per heavy atom. The molecule has 134 valence electrons. The SMILES string of the molecule is CC(=O)NC(C(=O)NCCNc1nsc2ccccc12)c1ccccc1. The monoisotopic (exact) mass is 368 g/mol. The van der Waals surface area contributed by atoms with Crippen LogP contribution in [-0.4, -0.2) is 29.3 Å². The van der Waals surface area contributed by atoms with E-state index in [-0.39, 0.29) is 11.8 Å². The van der Waals surface area contributed by atoms with E-state index in [0.29, 0.717) is 13.1 Å². The van der Waals surface area contributed by atoms with Gasteiger partial charge in [0.05, 0.1) is 4.70 Å². The minimum absolute atomic E-state index is 0.240. The maximum absolute atomic E-state index is 12.5. The van der Waals surface area contributed by atoms with E-state index in [9.17, 15) is 9.59 Å². The van der Waals surface area contributed by atoms with Gasteiger partial charge in [0, 0.05) is 25.4 Å². The highest BCUT2D eigenvalue weighted by Crippen LogP contribution is 2.25. The topological polar surface area (TPSA) is 83.1 Å². The predicted molar refractivity (Wildman–Crippen MR) is 104 cm³/mol. The van der Waals surface area contributed by atoms with Gasteiger partial charge in [-0.3, -0.25) is 9.59 Å². The van der Waals surface area contributed by atoms with Crippen LogP contribution in [0.15, 0.2) is 54.6 Å². The zero-order valence-corrected chi connectivity index (χ0v) is 15.2. The van der Waals surface area contributed by atoms with Crippen molar-refractivity contribution in [2.24, 2.45) is 0 Å². The molecule has 0 aliphatic heterocycles. The third-order valence-electron chi connectivity index (χ3n) is 3.84. The number of benzene rings is 2. The van der Waals surface area contributed by atoms with Gasteiger partial charge in [0.25, 0.3) is 0 Å². The maximum Gasteiger partial charge on any atom is 0.247 e. The second-order valence-corrected chi connectivity index (χ2v) is 6.59. The van der Waals surface area contributed by atoms with Crippen molar-refractivity contribution in [3.63, 3.8) is 0 Å². The lowest BCUT2D eigenvalue weighted by Gasteiger charge is -2.18. The number of hydrogen-bond donors (Lipinski definition) is 3. The Kier molecular flexibility index (Phi) is 5.80. The quantitative estimate of drug-likeness (QED) is 0.560. The van der Waals surface area contributed by atoms with Gasteiger partial charge >= 0.3 is 0 Å². The lowest BCUT2D eigenvalue weighted by molar-refractivity contribution is -0.128. The van der Waals surface area contributed by atoms with E-state index in [0.717, 1.165) is 21.5 Å². The van der Waals surface area contributed by atoms with Crippen LogP contribution < -0.4 is 16.0 Å². The van der Waals surface area contributed by atoms with Crippen molar-refractivity contribution in [3.8, 4) is 0 Å². The molecular formula is C19H20N4O2S. The van der Waals surface area contributed by atoms with Crippen LogP contribution in [0.1, 0.15) is 18.5 Å². The summed E-state index contributed by atoms with van der Waals surface area (Å²) in [5, 5.41) is 9.86. The molecule has 7 heteroatoms. The molecular weight excluding hydrogens is 348 g/mol. The van der Waals surface area contributed by atoms with Crippen LogP contribution >= 0.6 is 11.5 Å². The number of carbonyl (C=O) groups excluding carboxylic acids is 2. The highest BCUT2D eigenvalue weighted by atomic mass is 32.1. The molecule has 6 nitrogen and oxygen atoms in total. The molecule has 2 aromatic carbocycles. The largest absolute Gasteiger partial charge is 0.367 e. The maximum atomic E-state index is 12.5. The Labute approximate surface area is 155 Å². The number of nitrogens with one attached hydrogen (secondary N) is 3. The second-order valence-electron chi connectivity index (χ2n) is 5.79. The van der Waals surface area contributed by atoms with Gasteiger partial charge in [-0.25, -0.2) is 0 Å². The summed E-state index contributed by atoms with van der Waals surface area (Å²) in [6.07, 6.45) is 0. The van der Waals surface area contributed by atoms with E-state index >= 15 is 0 Å². The summed E-state index contributed by atoms with van der Waals surface area (Å²) in [6, 6.07) is 16.5. The minimum Gasteiger partial charge on any atom is -0.367 e. The molecule has 0 saturated carbocycles. The van der Waals surface area contributed by atoms with Crippen molar-refractivity contribution in [3.05, 3.63) is 60.2 Å². The molecule has 1 heterocycles. The Bertz CT molecular complexity index is 895. The van der Waals surface area contributed by atoms with Gasteiger partial charge < -0.3 is 16.0 Å². The van der Waals surface area contributed by atoms with Gasteiger partial charge in [0.2, 0.25) is 11.8 Å². The molecule has 0 fully saturated rings. The molecule has 0 bridgehead atoms. The van der Waals surface area contributed by atoms with Crippen molar-refractivity contribution in [2.75, 3.05) is 18.4 Å². The molecule has 0 spiro atoms. The van der Waals surface area contributed by atoms with Crippen LogP contribution in [0.2, 0.25) is 0 Å². The van der Waals surface area contributed by atoms with Crippen LogP contribution in [0.25, 0.3) is 10.1 Å². The van der Waals surface area contributed by atoms with E-state index < -0.39 is 6.04 Å². The lowest BCUT2D eigenvalue weighted by atomic mass is 10.1. The minimum atomic E-state index is -0.700. The van der Waals surface area contributed by atoms with Crippen LogP contribution in [-0.2, 0) is 9.59 Å². The number of aromatic nitrogens is 1. The average Bonchev–Trinajstić information content (AvgIpc) is 3.07. The zero-order chi connectivity index (χ0) is 18.4. The first-order valence-electron chi connectivity index (χ1n) is 8.33. The van der Waals surface area contributed by atoms with Crippen LogP contribution in [0.5, 0.6) is 0 Å². The smallest absolute Gasteiger partial charge is 0.247 e. The van der Waals surface area contributed by atoms with E-state index in [1.54, 1.807) is 0 Å². The number of fused-ring (bicyclic) bond motifs is 1. The summed E-state index contributed by atoms with van der Waals surface area (Å²) in [6.45, 7) is 2.37. The Morgan fingerprint density at radius 2 is 1.77 bits per heavy atom. The Balaban J connectivity index is 1.56. The molecule has 3 aromatic rings. The summed E-state index contributed by atoms with van der Waals surface area (Å²) in [7, 11) is 0. The van der Waals surface area contributed by atoms with Crippen LogP contribution in [0.3, 0.4) is 0 Å². The highest BCUT2D eigenvalue weighted by molar-refractivity contribution is 7.13. The third kappa shape index (κ3) is 4.37. The number of carbonyl (C=O) groups is 2. The molecule has 1 unspecified atom stereocenters. The van der Waals surface area contributed by atoms with Crippen LogP contribution in [0, 0.1) is 0 Å². The average molecular weight is 368 g/mol. The fourth-order valence-electron chi connectivity index (χ4n) is 2.63. The fourth-order valence-corrected chi connectivity index (χ4v) is 3.39. The molecule has 1 atom stereocenters. The first kappa shape index (κ1) is 17.9. The normalized spacial score (nSPS) is 11.7. The van der Waals surface area contributed by atoms with Crippen molar-refractivity contribution >= 4 is 39.3 Å².